The van der Waals surface area contributed by atoms with Crippen LogP contribution in [0.15, 0.2) is 48.5 Å². The highest BCUT2D eigenvalue weighted by molar-refractivity contribution is 6.01. The molecule has 0 aromatic heterocycles. The second-order valence-electron chi connectivity index (χ2n) is 8.58. The first-order valence-electron chi connectivity index (χ1n) is 10.0. The Labute approximate surface area is 174 Å². The second kappa shape index (κ2) is 6.09. The number of esters is 2. The third kappa shape index (κ3) is 1.97. The van der Waals surface area contributed by atoms with Gasteiger partial charge in [0.1, 0.15) is 0 Å². The van der Waals surface area contributed by atoms with Crippen LogP contribution in [0, 0.1) is 22.7 Å². The van der Waals surface area contributed by atoms with Gasteiger partial charge in [-0.15, -0.1) is 0 Å². The molecule has 0 radical (unpaired) electrons. The maximum absolute atomic E-state index is 12.9. The molecule has 2 fully saturated rings. The van der Waals surface area contributed by atoms with Crippen molar-refractivity contribution in [3.05, 3.63) is 65.2 Å². The van der Waals surface area contributed by atoms with Crippen LogP contribution in [0.5, 0.6) is 0 Å². The Morgan fingerprint density at radius 1 is 1.03 bits per heavy atom. The molecule has 0 bridgehead atoms. The fourth-order valence-corrected chi connectivity index (χ4v) is 6.43. The molecule has 1 N–H and O–H groups in total. The number of carbonyl (C=O) groups excluding carboxylic acids is 2. The maximum atomic E-state index is 12.9. The van der Waals surface area contributed by atoms with Crippen LogP contribution in [0.4, 0.5) is 5.69 Å². The molecule has 30 heavy (non-hydrogen) atoms. The number of nitrogens with zero attached hydrogens (tertiary/aromatic N) is 1. The quantitative estimate of drug-likeness (QED) is 0.626. The van der Waals surface area contributed by atoms with E-state index in [4.69, 9.17) is 9.47 Å². The van der Waals surface area contributed by atoms with Gasteiger partial charge < -0.3 is 14.8 Å². The van der Waals surface area contributed by atoms with Gasteiger partial charge in [0.05, 0.1) is 31.4 Å². The molecular formula is C24H22N2O4. The first-order valence-corrected chi connectivity index (χ1v) is 10.0. The van der Waals surface area contributed by atoms with Gasteiger partial charge in [0.25, 0.3) is 0 Å². The van der Waals surface area contributed by atoms with Gasteiger partial charge in [-0.1, -0.05) is 30.3 Å². The summed E-state index contributed by atoms with van der Waals surface area (Å²) < 4.78 is 10.2. The lowest BCUT2D eigenvalue weighted by molar-refractivity contribution is -0.169. The predicted molar refractivity (Wildman–Crippen MR) is 108 cm³/mol. The molecule has 6 nitrogen and oxygen atoms in total. The van der Waals surface area contributed by atoms with E-state index in [1.807, 2.05) is 42.5 Å². The first-order chi connectivity index (χ1) is 14.5. The smallest absolute Gasteiger partial charge is 0.323 e. The standard InChI is InChI=1S/C24H22N2O4/c1-29-20(27)22(21(28)30-2)11-17-12-24(16-9-7-15(13-25)8-10-16)23(17,14-22)18-5-3-4-6-19(18)26-24/h3-10,17,26H,11-12,14H2,1-2H3/t17-,23-,24+/m1/s1. The third-order valence-electron chi connectivity index (χ3n) is 7.60. The SMILES string of the molecule is COC(=O)C1(C(=O)OC)C[C@@H]2C[C@@]3(c4ccc(C#N)cc4)Nc4ccccc4[C@@]23C1. The van der Waals surface area contributed by atoms with Crippen molar-refractivity contribution >= 4 is 17.6 Å². The molecule has 152 valence electrons. The van der Waals surface area contributed by atoms with E-state index in [1.54, 1.807) is 0 Å². The number of hydrogen-bond acceptors (Lipinski definition) is 6. The number of fused-ring (bicyclic) bond motifs is 1. The molecule has 3 aliphatic rings. The molecule has 0 amide bonds. The Morgan fingerprint density at radius 3 is 2.33 bits per heavy atom. The summed E-state index contributed by atoms with van der Waals surface area (Å²) >= 11 is 0. The molecule has 6 heteroatoms. The van der Waals surface area contributed by atoms with Gasteiger partial charge in [0.2, 0.25) is 0 Å². The van der Waals surface area contributed by atoms with Crippen LogP contribution in [0.3, 0.4) is 0 Å². The minimum absolute atomic E-state index is 0.127. The van der Waals surface area contributed by atoms with Crippen molar-refractivity contribution < 1.29 is 19.1 Å². The largest absolute Gasteiger partial charge is 0.468 e. The zero-order chi connectivity index (χ0) is 21.1. The molecule has 2 aromatic rings. The summed E-state index contributed by atoms with van der Waals surface area (Å²) in [6.07, 6.45) is 1.51. The Kier molecular flexibility index (Phi) is 3.79. The average molecular weight is 402 g/mol. The van der Waals surface area contributed by atoms with E-state index in [-0.39, 0.29) is 5.92 Å². The minimum Gasteiger partial charge on any atom is -0.468 e. The Hall–Kier alpha value is -3.33. The number of anilines is 1. The number of rotatable bonds is 3. The highest BCUT2D eigenvalue weighted by Gasteiger charge is 2.78. The van der Waals surface area contributed by atoms with Crippen molar-refractivity contribution in [1.82, 2.24) is 0 Å². The van der Waals surface area contributed by atoms with Crippen molar-refractivity contribution in [2.24, 2.45) is 11.3 Å². The summed E-state index contributed by atoms with van der Waals surface area (Å²) in [6, 6.07) is 17.9. The average Bonchev–Trinajstić information content (AvgIpc) is 3.20. The van der Waals surface area contributed by atoms with Crippen molar-refractivity contribution in [3.8, 4) is 6.07 Å². The lowest BCUT2D eigenvalue weighted by Gasteiger charge is -2.59. The number of nitriles is 1. The third-order valence-corrected chi connectivity index (χ3v) is 7.60. The van der Waals surface area contributed by atoms with E-state index in [9.17, 15) is 14.9 Å². The maximum Gasteiger partial charge on any atom is 0.323 e. The molecule has 2 aliphatic carbocycles. The van der Waals surface area contributed by atoms with Crippen LogP contribution >= 0.6 is 0 Å². The highest BCUT2D eigenvalue weighted by Crippen LogP contribution is 2.76. The van der Waals surface area contributed by atoms with Crippen LogP contribution in [-0.2, 0) is 30.0 Å². The Morgan fingerprint density at radius 2 is 1.70 bits per heavy atom. The van der Waals surface area contributed by atoms with Gasteiger partial charge in [-0.3, -0.25) is 9.59 Å². The van der Waals surface area contributed by atoms with Crippen molar-refractivity contribution in [1.29, 1.82) is 5.26 Å². The number of carbonyl (C=O) groups is 2. The van der Waals surface area contributed by atoms with E-state index >= 15 is 0 Å². The summed E-state index contributed by atoms with van der Waals surface area (Å²) in [6.45, 7) is 0. The number of methoxy groups -OCH3 is 2. The minimum atomic E-state index is -1.32. The van der Waals surface area contributed by atoms with Gasteiger partial charge >= 0.3 is 11.9 Å². The van der Waals surface area contributed by atoms with Gasteiger partial charge in [-0.05, 0) is 54.5 Å². The summed E-state index contributed by atoms with van der Waals surface area (Å²) in [5.74, 6) is -0.935. The summed E-state index contributed by atoms with van der Waals surface area (Å²) in [4.78, 5) is 25.8. The lowest BCUT2D eigenvalue weighted by Crippen LogP contribution is -2.62. The molecule has 1 aliphatic heterocycles. The molecule has 3 atom stereocenters. The molecule has 2 aromatic carbocycles. The molecule has 0 saturated heterocycles. The van der Waals surface area contributed by atoms with Crippen molar-refractivity contribution in [2.45, 2.75) is 30.2 Å². The second-order valence-corrected chi connectivity index (χ2v) is 8.58. The van der Waals surface area contributed by atoms with Crippen molar-refractivity contribution in [3.63, 3.8) is 0 Å². The molecule has 1 heterocycles. The van der Waals surface area contributed by atoms with Gasteiger partial charge in [0.15, 0.2) is 5.41 Å². The van der Waals surface area contributed by atoms with Gasteiger partial charge in [-0.25, -0.2) is 0 Å². The number of nitrogens with one attached hydrogen (secondary N) is 1. The molecular weight excluding hydrogens is 380 g/mol. The highest BCUT2D eigenvalue weighted by atomic mass is 16.5. The fraction of sp³-hybridized carbons (Fsp3) is 0.375. The van der Waals surface area contributed by atoms with Crippen LogP contribution in [0.2, 0.25) is 0 Å². The molecule has 1 spiro atoms. The molecule has 0 unspecified atom stereocenters. The summed E-state index contributed by atoms with van der Waals surface area (Å²) in [5, 5.41) is 12.9. The number of para-hydroxylation sites is 1. The molecule has 2 saturated carbocycles. The van der Waals surface area contributed by atoms with Gasteiger partial charge in [0, 0.05) is 11.1 Å². The Bertz CT molecular complexity index is 1090. The monoisotopic (exact) mass is 402 g/mol. The first kappa shape index (κ1) is 18.7. The summed E-state index contributed by atoms with van der Waals surface area (Å²) in [5.41, 5.74) is 1.61. The zero-order valence-corrected chi connectivity index (χ0v) is 16.9. The molecule has 5 rings (SSSR count). The number of hydrogen-bond donors (Lipinski definition) is 1. The Balaban J connectivity index is 1.70. The van der Waals surface area contributed by atoms with E-state index in [0.717, 1.165) is 23.2 Å². The van der Waals surface area contributed by atoms with Gasteiger partial charge in [-0.2, -0.15) is 5.26 Å². The normalized spacial score (nSPS) is 29.3. The van der Waals surface area contributed by atoms with E-state index in [1.165, 1.54) is 14.2 Å². The predicted octanol–water partition coefficient (Wildman–Crippen LogP) is 3.26. The van der Waals surface area contributed by atoms with Crippen LogP contribution in [0.25, 0.3) is 0 Å². The van der Waals surface area contributed by atoms with E-state index < -0.39 is 28.3 Å². The topological polar surface area (TPSA) is 88.4 Å². The van der Waals surface area contributed by atoms with Crippen LogP contribution < -0.4 is 5.32 Å². The van der Waals surface area contributed by atoms with Crippen LogP contribution in [-0.4, -0.2) is 26.2 Å². The number of benzene rings is 2. The lowest BCUT2D eigenvalue weighted by atomic mass is 9.46. The number of ether oxygens (including phenoxy) is 2. The van der Waals surface area contributed by atoms with E-state index in [0.29, 0.717) is 18.4 Å². The summed E-state index contributed by atoms with van der Waals surface area (Å²) in [7, 11) is 2.64. The van der Waals surface area contributed by atoms with E-state index in [2.05, 4.69) is 17.5 Å². The van der Waals surface area contributed by atoms with Crippen molar-refractivity contribution in [2.75, 3.05) is 19.5 Å². The zero-order valence-electron chi connectivity index (χ0n) is 16.9. The van der Waals surface area contributed by atoms with Crippen LogP contribution in [0.1, 0.15) is 36.0 Å². The fourth-order valence-electron chi connectivity index (χ4n) is 6.43.